The van der Waals surface area contributed by atoms with Crippen LogP contribution in [0.1, 0.15) is 11.8 Å². The van der Waals surface area contributed by atoms with Crippen LogP contribution in [0.4, 0.5) is 0 Å². The Bertz CT molecular complexity index is 601. The molecule has 1 atom stereocenters. The van der Waals surface area contributed by atoms with Crippen LogP contribution < -0.4 is 5.32 Å². The molecule has 0 aliphatic carbocycles. The first-order chi connectivity index (χ1) is 8.97. The van der Waals surface area contributed by atoms with Crippen LogP contribution in [0.5, 0.6) is 0 Å². The first-order valence-electron chi connectivity index (χ1n) is 5.90. The van der Waals surface area contributed by atoms with Crippen molar-refractivity contribution < 1.29 is 14.7 Å². The standard InChI is InChI=1S/C14H15NO3S/c1-14(13(17)18,12(16)15-2)8-10-7-9-5-3-4-6-11(9)19-10/h3-7H,8H2,1-2H3,(H,15,16)(H,17,18). The fraction of sp³-hybridized carbons (Fsp3) is 0.286. The van der Waals surface area contributed by atoms with Gasteiger partial charge < -0.3 is 10.4 Å². The molecule has 1 unspecified atom stereocenters. The number of carbonyl (C=O) groups is 2. The van der Waals surface area contributed by atoms with Crippen LogP contribution in [0.2, 0.25) is 0 Å². The van der Waals surface area contributed by atoms with Gasteiger partial charge in [0.15, 0.2) is 0 Å². The monoisotopic (exact) mass is 277 g/mol. The van der Waals surface area contributed by atoms with Crippen LogP contribution in [0.25, 0.3) is 10.1 Å². The lowest BCUT2D eigenvalue weighted by Crippen LogP contribution is -2.44. The average molecular weight is 277 g/mol. The molecular weight excluding hydrogens is 262 g/mol. The summed E-state index contributed by atoms with van der Waals surface area (Å²) in [5, 5.41) is 12.8. The maximum absolute atomic E-state index is 11.8. The Hall–Kier alpha value is -1.88. The molecule has 0 radical (unpaired) electrons. The molecule has 0 aliphatic rings. The van der Waals surface area contributed by atoms with Crippen molar-refractivity contribution in [2.45, 2.75) is 13.3 Å². The van der Waals surface area contributed by atoms with Gasteiger partial charge in [-0.3, -0.25) is 9.59 Å². The van der Waals surface area contributed by atoms with E-state index in [1.54, 1.807) is 0 Å². The predicted octanol–water partition coefficient (Wildman–Crippen LogP) is 2.28. The highest BCUT2D eigenvalue weighted by Crippen LogP contribution is 2.31. The van der Waals surface area contributed by atoms with E-state index in [0.717, 1.165) is 15.0 Å². The van der Waals surface area contributed by atoms with E-state index in [4.69, 9.17) is 0 Å². The molecule has 1 heterocycles. The number of amides is 1. The molecular formula is C14H15NO3S. The molecule has 2 aromatic rings. The molecule has 0 saturated carbocycles. The fourth-order valence-electron chi connectivity index (χ4n) is 2.00. The third-order valence-electron chi connectivity index (χ3n) is 3.20. The minimum absolute atomic E-state index is 0.196. The van der Waals surface area contributed by atoms with Crippen LogP contribution in [-0.2, 0) is 16.0 Å². The molecule has 2 N–H and O–H groups in total. The first-order valence-corrected chi connectivity index (χ1v) is 6.72. The molecule has 2 rings (SSSR count). The van der Waals surface area contributed by atoms with Gasteiger partial charge in [-0.2, -0.15) is 0 Å². The van der Waals surface area contributed by atoms with Gasteiger partial charge in [0.1, 0.15) is 5.41 Å². The number of carboxylic acids is 1. The Morgan fingerprint density at radius 3 is 2.63 bits per heavy atom. The molecule has 1 aromatic heterocycles. The van der Waals surface area contributed by atoms with E-state index in [1.165, 1.54) is 25.3 Å². The van der Waals surface area contributed by atoms with Crippen molar-refractivity contribution in [3.63, 3.8) is 0 Å². The lowest BCUT2D eigenvalue weighted by molar-refractivity contribution is -0.154. The van der Waals surface area contributed by atoms with Crippen LogP contribution in [0.3, 0.4) is 0 Å². The number of hydrogen-bond acceptors (Lipinski definition) is 3. The molecule has 5 heteroatoms. The minimum Gasteiger partial charge on any atom is -0.480 e. The van der Waals surface area contributed by atoms with E-state index in [1.807, 2.05) is 30.3 Å². The first kappa shape index (κ1) is 13.5. The van der Waals surface area contributed by atoms with Gasteiger partial charge in [0.25, 0.3) is 0 Å². The summed E-state index contributed by atoms with van der Waals surface area (Å²) in [7, 11) is 1.45. The summed E-state index contributed by atoms with van der Waals surface area (Å²) >= 11 is 1.53. The highest BCUT2D eigenvalue weighted by Gasteiger charge is 2.41. The predicted molar refractivity (Wildman–Crippen MR) is 75.3 cm³/mol. The van der Waals surface area contributed by atoms with Crippen molar-refractivity contribution in [1.29, 1.82) is 0 Å². The van der Waals surface area contributed by atoms with Gasteiger partial charge in [-0.15, -0.1) is 11.3 Å². The van der Waals surface area contributed by atoms with Crippen LogP contribution in [-0.4, -0.2) is 24.0 Å². The second-order valence-corrected chi connectivity index (χ2v) is 5.81. The topological polar surface area (TPSA) is 66.4 Å². The summed E-state index contributed by atoms with van der Waals surface area (Å²) < 4.78 is 1.10. The number of benzene rings is 1. The van der Waals surface area contributed by atoms with Crippen LogP contribution in [0.15, 0.2) is 30.3 Å². The summed E-state index contributed by atoms with van der Waals surface area (Å²) in [5.74, 6) is -1.58. The van der Waals surface area contributed by atoms with Crippen molar-refractivity contribution in [1.82, 2.24) is 5.32 Å². The summed E-state index contributed by atoms with van der Waals surface area (Å²) in [4.78, 5) is 24.1. The zero-order valence-electron chi connectivity index (χ0n) is 10.8. The van der Waals surface area contributed by atoms with Crippen molar-refractivity contribution in [3.8, 4) is 0 Å². The molecule has 100 valence electrons. The molecule has 0 bridgehead atoms. The Kier molecular flexibility index (Phi) is 3.57. The number of hydrogen-bond donors (Lipinski definition) is 2. The third-order valence-corrected chi connectivity index (χ3v) is 4.32. The zero-order valence-corrected chi connectivity index (χ0v) is 11.6. The van der Waals surface area contributed by atoms with Crippen LogP contribution in [0, 0.1) is 5.41 Å². The number of rotatable bonds is 4. The molecule has 4 nitrogen and oxygen atoms in total. The largest absolute Gasteiger partial charge is 0.480 e. The molecule has 0 aliphatic heterocycles. The normalized spacial score (nSPS) is 14.0. The van der Waals surface area contributed by atoms with Crippen molar-refractivity contribution in [2.75, 3.05) is 7.05 Å². The van der Waals surface area contributed by atoms with Gasteiger partial charge in [0.05, 0.1) is 0 Å². The maximum Gasteiger partial charge on any atom is 0.319 e. The van der Waals surface area contributed by atoms with E-state index in [2.05, 4.69) is 5.32 Å². The van der Waals surface area contributed by atoms with Crippen LogP contribution >= 0.6 is 11.3 Å². The second-order valence-electron chi connectivity index (χ2n) is 4.64. The van der Waals surface area contributed by atoms with Gasteiger partial charge in [-0.05, 0) is 24.4 Å². The third kappa shape index (κ3) is 2.46. The average Bonchev–Trinajstić information content (AvgIpc) is 2.79. The quantitative estimate of drug-likeness (QED) is 0.843. The van der Waals surface area contributed by atoms with Gasteiger partial charge in [-0.1, -0.05) is 18.2 Å². The summed E-state index contributed by atoms with van der Waals surface area (Å²) in [5.41, 5.74) is -1.43. The minimum atomic E-state index is -1.43. The number of aliphatic carboxylic acids is 1. The van der Waals surface area contributed by atoms with E-state index >= 15 is 0 Å². The van der Waals surface area contributed by atoms with E-state index in [9.17, 15) is 14.7 Å². The van der Waals surface area contributed by atoms with Gasteiger partial charge in [-0.25, -0.2) is 0 Å². The van der Waals surface area contributed by atoms with Crippen molar-refractivity contribution in [2.24, 2.45) is 5.41 Å². The number of thiophene rings is 1. The second kappa shape index (κ2) is 5.01. The van der Waals surface area contributed by atoms with Gasteiger partial charge in [0.2, 0.25) is 5.91 Å². The summed E-state index contributed by atoms with van der Waals surface area (Å²) in [6.07, 6.45) is 0.196. The van der Waals surface area contributed by atoms with E-state index in [0.29, 0.717) is 0 Å². The summed E-state index contributed by atoms with van der Waals surface area (Å²) in [6.45, 7) is 1.46. The highest BCUT2D eigenvalue weighted by atomic mass is 32.1. The number of carbonyl (C=O) groups excluding carboxylic acids is 1. The lowest BCUT2D eigenvalue weighted by atomic mass is 9.85. The Morgan fingerprint density at radius 1 is 1.37 bits per heavy atom. The Balaban J connectivity index is 2.36. The smallest absolute Gasteiger partial charge is 0.319 e. The van der Waals surface area contributed by atoms with E-state index in [-0.39, 0.29) is 6.42 Å². The highest BCUT2D eigenvalue weighted by molar-refractivity contribution is 7.19. The molecule has 19 heavy (non-hydrogen) atoms. The molecule has 0 fully saturated rings. The van der Waals surface area contributed by atoms with Crippen molar-refractivity contribution >= 4 is 33.3 Å². The molecule has 0 spiro atoms. The van der Waals surface area contributed by atoms with Gasteiger partial charge >= 0.3 is 5.97 Å². The number of nitrogens with one attached hydrogen (secondary N) is 1. The number of fused-ring (bicyclic) bond motifs is 1. The Morgan fingerprint density at radius 2 is 2.05 bits per heavy atom. The lowest BCUT2D eigenvalue weighted by Gasteiger charge is -2.21. The zero-order chi connectivity index (χ0) is 14.0. The number of carboxylic acid groups (broad SMARTS) is 1. The summed E-state index contributed by atoms with van der Waals surface area (Å²) in [6, 6.07) is 9.80. The van der Waals surface area contributed by atoms with Crippen molar-refractivity contribution in [3.05, 3.63) is 35.2 Å². The van der Waals surface area contributed by atoms with Gasteiger partial charge in [0, 0.05) is 23.0 Å². The maximum atomic E-state index is 11.8. The van der Waals surface area contributed by atoms with E-state index < -0.39 is 17.3 Å². The molecule has 1 amide bonds. The fourth-order valence-corrected chi connectivity index (χ4v) is 3.22. The molecule has 0 saturated heterocycles. The Labute approximate surface area is 115 Å². The molecule has 1 aromatic carbocycles. The SMILES string of the molecule is CNC(=O)C(C)(Cc1cc2ccccc2s1)C(=O)O.